The second-order valence-corrected chi connectivity index (χ2v) is 3.30. The standard InChI is InChI=1S/C7H14O4/c1-4-6(9)7(2,10)3-5(8)11-4/h4-6,8-10H,3H2,1-2H3/t4-,5?,6+,7-/m0/s1. The van der Waals surface area contributed by atoms with Crippen LogP contribution in [0.3, 0.4) is 0 Å². The Bertz CT molecular complexity index is 145. The molecule has 1 fully saturated rings. The van der Waals surface area contributed by atoms with E-state index in [9.17, 15) is 10.2 Å². The molecule has 11 heavy (non-hydrogen) atoms. The zero-order valence-corrected chi connectivity index (χ0v) is 6.69. The smallest absolute Gasteiger partial charge is 0.157 e. The minimum absolute atomic E-state index is 0.0541. The molecule has 0 aliphatic carbocycles. The predicted molar refractivity (Wildman–Crippen MR) is 37.8 cm³/mol. The first-order chi connectivity index (χ1) is 4.93. The van der Waals surface area contributed by atoms with Crippen LogP contribution in [-0.4, -0.2) is 39.4 Å². The minimum atomic E-state index is -1.24. The van der Waals surface area contributed by atoms with E-state index in [1.807, 2.05) is 0 Å². The minimum Gasteiger partial charge on any atom is -0.387 e. The summed E-state index contributed by atoms with van der Waals surface area (Å²) in [4.78, 5) is 0. The summed E-state index contributed by atoms with van der Waals surface area (Å²) >= 11 is 0. The molecule has 3 N–H and O–H groups in total. The normalized spacial score (nSPS) is 52.6. The summed E-state index contributed by atoms with van der Waals surface area (Å²) in [5.41, 5.74) is -1.24. The molecule has 1 aliphatic heterocycles. The highest BCUT2D eigenvalue weighted by Crippen LogP contribution is 2.27. The molecule has 4 atom stereocenters. The number of ether oxygens (including phenoxy) is 1. The van der Waals surface area contributed by atoms with Crippen molar-refractivity contribution in [2.24, 2.45) is 0 Å². The van der Waals surface area contributed by atoms with Crippen LogP contribution in [0.4, 0.5) is 0 Å². The fourth-order valence-corrected chi connectivity index (χ4v) is 1.35. The van der Waals surface area contributed by atoms with Gasteiger partial charge in [-0.2, -0.15) is 0 Å². The molecule has 0 aromatic heterocycles. The molecule has 66 valence electrons. The SMILES string of the molecule is C[C@@H]1OC(O)C[C@](C)(O)[C@@H]1O. The lowest BCUT2D eigenvalue weighted by atomic mass is 9.89. The van der Waals surface area contributed by atoms with E-state index >= 15 is 0 Å². The van der Waals surface area contributed by atoms with E-state index in [0.29, 0.717) is 0 Å². The summed E-state index contributed by atoms with van der Waals surface area (Å²) in [5, 5.41) is 27.9. The molecule has 0 radical (unpaired) electrons. The average Bonchev–Trinajstić information content (AvgIpc) is 1.81. The van der Waals surface area contributed by atoms with Gasteiger partial charge in [0.1, 0.15) is 6.10 Å². The van der Waals surface area contributed by atoms with Crippen molar-refractivity contribution in [1.29, 1.82) is 0 Å². The van der Waals surface area contributed by atoms with Crippen LogP contribution >= 0.6 is 0 Å². The summed E-state index contributed by atoms with van der Waals surface area (Å²) in [6, 6.07) is 0. The molecule has 0 bridgehead atoms. The van der Waals surface area contributed by atoms with Gasteiger partial charge in [0, 0.05) is 6.42 Å². The van der Waals surface area contributed by atoms with E-state index in [0.717, 1.165) is 0 Å². The largest absolute Gasteiger partial charge is 0.387 e. The Balaban J connectivity index is 2.67. The number of aliphatic hydroxyl groups excluding tert-OH is 2. The quantitative estimate of drug-likeness (QED) is 0.437. The Morgan fingerprint density at radius 1 is 1.45 bits per heavy atom. The lowest BCUT2D eigenvalue weighted by molar-refractivity contribution is -0.256. The van der Waals surface area contributed by atoms with Crippen LogP contribution in [-0.2, 0) is 4.74 Å². The molecule has 0 spiro atoms. The van der Waals surface area contributed by atoms with E-state index < -0.39 is 24.1 Å². The van der Waals surface area contributed by atoms with Crippen LogP contribution < -0.4 is 0 Å². The molecule has 0 saturated carbocycles. The van der Waals surface area contributed by atoms with Crippen molar-refractivity contribution in [3.63, 3.8) is 0 Å². The highest BCUT2D eigenvalue weighted by Gasteiger charge is 2.42. The van der Waals surface area contributed by atoms with E-state index in [-0.39, 0.29) is 6.42 Å². The Labute approximate surface area is 65.4 Å². The van der Waals surface area contributed by atoms with Gasteiger partial charge in [-0.25, -0.2) is 0 Å². The first kappa shape index (κ1) is 8.93. The highest BCUT2D eigenvalue weighted by molar-refractivity contribution is 4.90. The first-order valence-electron chi connectivity index (χ1n) is 3.67. The molecule has 1 unspecified atom stereocenters. The van der Waals surface area contributed by atoms with Crippen molar-refractivity contribution in [2.45, 2.75) is 44.4 Å². The monoisotopic (exact) mass is 162 g/mol. The number of hydrogen-bond acceptors (Lipinski definition) is 4. The number of hydrogen-bond donors (Lipinski definition) is 3. The Morgan fingerprint density at radius 2 is 2.00 bits per heavy atom. The topological polar surface area (TPSA) is 69.9 Å². The molecule has 1 heterocycles. The summed E-state index contributed by atoms with van der Waals surface area (Å²) in [6.07, 6.45) is -2.36. The van der Waals surface area contributed by atoms with E-state index in [2.05, 4.69) is 0 Å². The van der Waals surface area contributed by atoms with Gasteiger partial charge in [0.15, 0.2) is 6.29 Å². The lowest BCUT2D eigenvalue weighted by Crippen LogP contribution is -2.54. The maximum Gasteiger partial charge on any atom is 0.157 e. The van der Waals surface area contributed by atoms with Gasteiger partial charge in [-0.15, -0.1) is 0 Å². The molecule has 0 aromatic carbocycles. The van der Waals surface area contributed by atoms with Crippen molar-refractivity contribution in [3.05, 3.63) is 0 Å². The summed E-state index contributed by atoms with van der Waals surface area (Å²) < 4.78 is 4.88. The highest BCUT2D eigenvalue weighted by atomic mass is 16.6. The zero-order valence-electron chi connectivity index (χ0n) is 6.69. The van der Waals surface area contributed by atoms with Crippen LogP contribution in [0, 0.1) is 0 Å². The maximum absolute atomic E-state index is 9.49. The van der Waals surface area contributed by atoms with Crippen LogP contribution in [0.15, 0.2) is 0 Å². The Morgan fingerprint density at radius 3 is 2.45 bits per heavy atom. The molecule has 4 nitrogen and oxygen atoms in total. The molecular weight excluding hydrogens is 148 g/mol. The van der Waals surface area contributed by atoms with Crippen molar-refractivity contribution < 1.29 is 20.1 Å². The van der Waals surface area contributed by atoms with E-state index in [4.69, 9.17) is 9.84 Å². The lowest BCUT2D eigenvalue weighted by Gasteiger charge is -2.40. The van der Waals surface area contributed by atoms with Crippen molar-refractivity contribution in [3.8, 4) is 0 Å². The molecular formula is C7H14O4. The third-order valence-electron chi connectivity index (χ3n) is 2.04. The number of aliphatic hydroxyl groups is 3. The van der Waals surface area contributed by atoms with Gasteiger partial charge in [-0.05, 0) is 13.8 Å². The molecule has 0 aromatic rings. The van der Waals surface area contributed by atoms with Crippen LogP contribution in [0.1, 0.15) is 20.3 Å². The van der Waals surface area contributed by atoms with Crippen molar-refractivity contribution in [1.82, 2.24) is 0 Å². The van der Waals surface area contributed by atoms with Crippen LogP contribution in [0.25, 0.3) is 0 Å². The third kappa shape index (κ3) is 1.70. The fourth-order valence-electron chi connectivity index (χ4n) is 1.35. The zero-order chi connectivity index (χ0) is 8.65. The Hall–Kier alpha value is -0.160. The molecule has 4 heteroatoms. The molecule has 1 saturated heterocycles. The maximum atomic E-state index is 9.49. The average molecular weight is 162 g/mol. The molecule has 1 rings (SSSR count). The van der Waals surface area contributed by atoms with Gasteiger partial charge >= 0.3 is 0 Å². The van der Waals surface area contributed by atoms with Crippen molar-refractivity contribution >= 4 is 0 Å². The van der Waals surface area contributed by atoms with Gasteiger partial charge < -0.3 is 20.1 Å². The number of rotatable bonds is 0. The predicted octanol–water partition coefficient (Wildman–Crippen LogP) is -0.775. The summed E-state index contributed by atoms with van der Waals surface area (Å²) in [6.45, 7) is 3.10. The first-order valence-corrected chi connectivity index (χ1v) is 3.67. The summed E-state index contributed by atoms with van der Waals surface area (Å²) in [5.74, 6) is 0. The van der Waals surface area contributed by atoms with E-state index in [1.165, 1.54) is 6.92 Å². The second-order valence-electron chi connectivity index (χ2n) is 3.30. The van der Waals surface area contributed by atoms with E-state index in [1.54, 1.807) is 6.92 Å². The fraction of sp³-hybridized carbons (Fsp3) is 1.00. The van der Waals surface area contributed by atoms with Crippen LogP contribution in [0.5, 0.6) is 0 Å². The third-order valence-corrected chi connectivity index (χ3v) is 2.04. The van der Waals surface area contributed by atoms with Gasteiger partial charge in [0.05, 0.1) is 11.7 Å². The summed E-state index contributed by atoms with van der Waals surface area (Å²) in [7, 11) is 0. The van der Waals surface area contributed by atoms with Crippen molar-refractivity contribution in [2.75, 3.05) is 0 Å². The van der Waals surface area contributed by atoms with Gasteiger partial charge in [0.2, 0.25) is 0 Å². The second kappa shape index (κ2) is 2.71. The Kier molecular flexibility index (Phi) is 2.20. The molecule has 0 amide bonds. The molecule has 1 aliphatic rings. The van der Waals surface area contributed by atoms with Gasteiger partial charge in [0.25, 0.3) is 0 Å². The van der Waals surface area contributed by atoms with Crippen LogP contribution in [0.2, 0.25) is 0 Å². The van der Waals surface area contributed by atoms with Gasteiger partial charge in [-0.1, -0.05) is 0 Å². The van der Waals surface area contributed by atoms with Gasteiger partial charge in [-0.3, -0.25) is 0 Å².